The fourth-order valence-electron chi connectivity index (χ4n) is 1.98. The number of halogens is 3. The van der Waals surface area contributed by atoms with Crippen LogP contribution in [0.1, 0.15) is 19.8 Å². The van der Waals surface area contributed by atoms with Crippen LogP contribution in [0, 0.1) is 5.92 Å². The molecule has 1 saturated heterocycles. The van der Waals surface area contributed by atoms with Gasteiger partial charge in [-0.05, 0) is 12.8 Å². The van der Waals surface area contributed by atoms with Crippen LogP contribution >= 0.6 is 11.8 Å². The molecule has 114 valence electrons. The molecule has 0 aromatic rings. The summed E-state index contributed by atoms with van der Waals surface area (Å²) in [7, 11) is 0. The number of amides is 1. The number of alkyl halides is 3. The molecular formula is C11H13F3NNaO4S. The fraction of sp³-hybridized carbons (Fsp3) is 0.727. The topological polar surface area (TPSA) is 77.5 Å². The van der Waals surface area contributed by atoms with Crippen molar-refractivity contribution in [3.05, 3.63) is 0 Å². The van der Waals surface area contributed by atoms with Crippen LogP contribution in [-0.4, -0.2) is 46.4 Å². The van der Waals surface area contributed by atoms with E-state index in [0.717, 1.165) is 6.92 Å². The monoisotopic (exact) mass is 335 g/mol. The van der Waals surface area contributed by atoms with Gasteiger partial charge in [-0.2, -0.15) is 13.2 Å². The standard InChI is InChI=1S/C11H14F3NO4S.Na/c1-6(16)20-5-7(11(12,13)14)9(17)15-4-2-3-8(15)10(18)19;/h7-8H,2-5H2,1H3,(H,18,19);/q;+1/p-1/t7?,8-;/m0./s1. The van der Waals surface area contributed by atoms with E-state index < -0.39 is 40.9 Å². The number of carboxylic acid groups (broad SMARTS) is 1. The Labute approximate surface area is 145 Å². The molecule has 0 aromatic carbocycles. The van der Waals surface area contributed by atoms with Gasteiger partial charge >= 0.3 is 35.7 Å². The van der Waals surface area contributed by atoms with Gasteiger partial charge in [0.2, 0.25) is 5.91 Å². The summed E-state index contributed by atoms with van der Waals surface area (Å²) in [6.07, 6.45) is -4.42. The van der Waals surface area contributed by atoms with E-state index in [0.29, 0.717) is 23.1 Å². The Morgan fingerprint density at radius 2 is 1.95 bits per heavy atom. The fourth-order valence-corrected chi connectivity index (χ4v) is 2.72. The van der Waals surface area contributed by atoms with Crippen molar-refractivity contribution >= 4 is 28.8 Å². The third-order valence-corrected chi connectivity index (χ3v) is 3.86. The minimum absolute atomic E-state index is 0. The SMILES string of the molecule is CC(=O)SCC(C(=O)N1CCC[C@H]1C(=O)[O-])C(F)(F)F.[Na+]. The second kappa shape index (κ2) is 8.40. The Bertz CT molecular complexity index is 419. The Morgan fingerprint density at radius 1 is 1.38 bits per heavy atom. The smallest absolute Gasteiger partial charge is 0.548 e. The minimum Gasteiger partial charge on any atom is -0.548 e. The van der Waals surface area contributed by atoms with Crippen molar-refractivity contribution in [1.82, 2.24) is 4.90 Å². The first-order valence-electron chi connectivity index (χ1n) is 5.86. The predicted octanol–water partition coefficient (Wildman–Crippen LogP) is -2.81. The molecule has 0 N–H and O–H groups in total. The predicted molar refractivity (Wildman–Crippen MR) is 62.4 cm³/mol. The molecule has 1 amide bonds. The van der Waals surface area contributed by atoms with Gasteiger partial charge in [0.15, 0.2) is 5.12 Å². The number of carbonyl (C=O) groups excluding carboxylic acids is 3. The minimum atomic E-state index is -4.82. The normalized spacial score (nSPS) is 19.8. The first kappa shape index (κ1) is 20.8. The number of aliphatic carboxylic acids is 1. The molecule has 0 spiro atoms. The average Bonchev–Trinajstić information content (AvgIpc) is 2.75. The van der Waals surface area contributed by atoms with Crippen molar-refractivity contribution in [1.29, 1.82) is 0 Å². The van der Waals surface area contributed by atoms with Crippen LogP contribution in [0.2, 0.25) is 0 Å². The van der Waals surface area contributed by atoms with Crippen LogP contribution < -0.4 is 34.7 Å². The van der Waals surface area contributed by atoms with Crippen molar-refractivity contribution in [3.63, 3.8) is 0 Å². The summed E-state index contributed by atoms with van der Waals surface area (Å²) in [5.74, 6) is -5.99. The maximum atomic E-state index is 12.9. The number of nitrogens with zero attached hydrogens (tertiary/aromatic N) is 1. The zero-order chi connectivity index (χ0) is 15.5. The van der Waals surface area contributed by atoms with Crippen LogP contribution in [0.15, 0.2) is 0 Å². The molecule has 1 unspecified atom stereocenters. The van der Waals surface area contributed by atoms with Gasteiger partial charge in [-0.25, -0.2) is 0 Å². The number of carbonyl (C=O) groups is 3. The summed E-state index contributed by atoms with van der Waals surface area (Å²) in [4.78, 5) is 34.2. The molecule has 0 radical (unpaired) electrons. The Hall–Kier alpha value is -0.250. The Morgan fingerprint density at radius 3 is 2.38 bits per heavy atom. The van der Waals surface area contributed by atoms with Crippen LogP contribution in [-0.2, 0) is 14.4 Å². The molecule has 21 heavy (non-hydrogen) atoms. The van der Waals surface area contributed by atoms with E-state index in [1.54, 1.807) is 0 Å². The quantitative estimate of drug-likeness (QED) is 0.519. The van der Waals surface area contributed by atoms with Crippen LogP contribution in [0.25, 0.3) is 0 Å². The van der Waals surface area contributed by atoms with Crippen molar-refractivity contribution in [2.24, 2.45) is 5.92 Å². The molecule has 5 nitrogen and oxygen atoms in total. The van der Waals surface area contributed by atoms with Gasteiger partial charge in [-0.3, -0.25) is 9.59 Å². The first-order valence-corrected chi connectivity index (χ1v) is 6.84. The van der Waals surface area contributed by atoms with Crippen LogP contribution in [0.3, 0.4) is 0 Å². The second-order valence-corrected chi connectivity index (χ2v) is 5.60. The first-order chi connectivity index (χ1) is 9.14. The largest absolute Gasteiger partial charge is 1.00 e. The van der Waals surface area contributed by atoms with Crippen molar-refractivity contribution in [3.8, 4) is 0 Å². The van der Waals surface area contributed by atoms with Gasteiger partial charge in [-0.1, -0.05) is 11.8 Å². The molecule has 0 bridgehead atoms. The van der Waals surface area contributed by atoms with Crippen molar-refractivity contribution in [2.45, 2.75) is 32.0 Å². The third-order valence-electron chi connectivity index (χ3n) is 2.95. The van der Waals surface area contributed by atoms with E-state index >= 15 is 0 Å². The van der Waals surface area contributed by atoms with Crippen LogP contribution in [0.4, 0.5) is 13.2 Å². The molecule has 10 heteroatoms. The van der Waals surface area contributed by atoms with E-state index in [9.17, 15) is 32.7 Å². The Kier molecular flexibility index (Phi) is 8.30. The summed E-state index contributed by atoms with van der Waals surface area (Å²) in [5.41, 5.74) is 0. The molecule has 1 fully saturated rings. The zero-order valence-electron chi connectivity index (χ0n) is 11.6. The zero-order valence-corrected chi connectivity index (χ0v) is 14.4. The summed E-state index contributed by atoms with van der Waals surface area (Å²) < 4.78 is 38.6. The van der Waals surface area contributed by atoms with Crippen LogP contribution in [0.5, 0.6) is 0 Å². The number of hydrogen-bond donors (Lipinski definition) is 0. The molecule has 1 heterocycles. The average molecular weight is 335 g/mol. The molecule has 1 rings (SSSR count). The Balaban J connectivity index is 0.00000400. The van der Waals surface area contributed by atoms with Gasteiger partial charge in [0.25, 0.3) is 0 Å². The van der Waals surface area contributed by atoms with E-state index in [2.05, 4.69) is 0 Å². The maximum absolute atomic E-state index is 12.9. The van der Waals surface area contributed by atoms with Gasteiger partial charge in [0.05, 0.1) is 12.0 Å². The summed E-state index contributed by atoms with van der Waals surface area (Å²) >= 11 is 0.394. The van der Waals surface area contributed by atoms with Gasteiger partial charge in [0.1, 0.15) is 5.92 Å². The number of rotatable bonds is 4. The maximum Gasteiger partial charge on any atom is 1.00 e. The molecule has 2 atom stereocenters. The molecule has 0 saturated carbocycles. The molecule has 1 aliphatic heterocycles. The summed E-state index contributed by atoms with van der Waals surface area (Å²) in [5, 5.41) is 10.3. The number of likely N-dealkylation sites (tertiary alicyclic amines) is 1. The van der Waals surface area contributed by atoms with Gasteiger partial charge in [-0.15, -0.1) is 0 Å². The van der Waals surface area contributed by atoms with Crippen molar-refractivity contribution in [2.75, 3.05) is 12.3 Å². The summed E-state index contributed by atoms with van der Waals surface area (Å²) in [6, 6.07) is -1.32. The molecule has 0 aliphatic carbocycles. The van der Waals surface area contributed by atoms with Gasteiger partial charge < -0.3 is 14.8 Å². The van der Waals surface area contributed by atoms with Crippen molar-refractivity contribution < 1.29 is 62.2 Å². The second-order valence-electron chi connectivity index (χ2n) is 4.41. The molecular weight excluding hydrogens is 322 g/mol. The molecule has 1 aliphatic rings. The van der Waals surface area contributed by atoms with E-state index in [1.165, 1.54) is 0 Å². The van der Waals surface area contributed by atoms with E-state index in [-0.39, 0.29) is 42.5 Å². The third kappa shape index (κ3) is 5.80. The number of carboxylic acids is 1. The number of thioether (sulfide) groups is 1. The van der Waals surface area contributed by atoms with E-state index in [4.69, 9.17) is 0 Å². The van der Waals surface area contributed by atoms with Gasteiger partial charge in [0, 0.05) is 19.2 Å². The van der Waals surface area contributed by atoms with E-state index in [1.807, 2.05) is 0 Å². The summed E-state index contributed by atoms with van der Waals surface area (Å²) in [6.45, 7) is 1.05. The number of hydrogen-bond acceptors (Lipinski definition) is 5. The molecule has 0 aromatic heterocycles.